The van der Waals surface area contributed by atoms with Crippen molar-refractivity contribution >= 4 is 23.7 Å². The van der Waals surface area contributed by atoms with Crippen LogP contribution in [0.2, 0.25) is 0 Å². The van der Waals surface area contributed by atoms with Gasteiger partial charge in [0.25, 0.3) is 5.56 Å². The highest BCUT2D eigenvalue weighted by molar-refractivity contribution is 6.20. The van der Waals surface area contributed by atoms with Crippen LogP contribution in [-0.4, -0.2) is 21.4 Å². The molecular formula is C14H14N4O. The van der Waals surface area contributed by atoms with Gasteiger partial charge in [-0.2, -0.15) is 0 Å². The fourth-order valence-electron chi connectivity index (χ4n) is 2.18. The number of H-pyrrole nitrogens is 2. The molecule has 96 valence electrons. The van der Waals surface area contributed by atoms with Gasteiger partial charge in [0.15, 0.2) is 5.82 Å². The molecule has 2 aromatic rings. The van der Waals surface area contributed by atoms with E-state index in [0.29, 0.717) is 11.4 Å². The van der Waals surface area contributed by atoms with Crippen molar-refractivity contribution in [2.45, 2.75) is 19.8 Å². The average molecular weight is 254 g/mol. The number of aliphatic imine (C=N–C) groups is 1. The van der Waals surface area contributed by atoms with E-state index >= 15 is 0 Å². The molecule has 0 amide bonds. The van der Waals surface area contributed by atoms with Crippen molar-refractivity contribution in [3.8, 4) is 0 Å². The minimum absolute atomic E-state index is 0.109. The number of aromatic amines is 2. The summed E-state index contributed by atoms with van der Waals surface area (Å²) in [6.07, 6.45) is 5.32. The van der Waals surface area contributed by atoms with E-state index in [9.17, 15) is 4.79 Å². The quantitative estimate of drug-likeness (QED) is 0.864. The summed E-state index contributed by atoms with van der Waals surface area (Å²) in [5, 5.41) is 5.56. The molecule has 0 spiro atoms. The number of rotatable bonds is 2. The summed E-state index contributed by atoms with van der Waals surface area (Å²) < 4.78 is 0. The predicted molar refractivity (Wildman–Crippen MR) is 75.8 cm³/mol. The highest BCUT2D eigenvalue weighted by Crippen LogP contribution is 2.30. The van der Waals surface area contributed by atoms with E-state index in [0.717, 1.165) is 16.8 Å². The van der Waals surface area contributed by atoms with Crippen LogP contribution in [0.15, 0.2) is 28.1 Å². The monoisotopic (exact) mass is 254 g/mol. The molecule has 1 aliphatic heterocycles. The Morgan fingerprint density at radius 2 is 2.16 bits per heavy atom. The van der Waals surface area contributed by atoms with Gasteiger partial charge in [-0.15, -0.1) is 0 Å². The first-order valence-corrected chi connectivity index (χ1v) is 6.18. The van der Waals surface area contributed by atoms with E-state index in [1.165, 1.54) is 0 Å². The molecule has 0 unspecified atom stereocenters. The summed E-state index contributed by atoms with van der Waals surface area (Å²) in [5.74, 6) is 0.948. The van der Waals surface area contributed by atoms with Gasteiger partial charge >= 0.3 is 0 Å². The third kappa shape index (κ3) is 1.93. The lowest BCUT2D eigenvalue weighted by Gasteiger charge is -2.03. The molecular weight excluding hydrogens is 240 g/mol. The van der Waals surface area contributed by atoms with Crippen molar-refractivity contribution in [1.29, 1.82) is 0 Å². The maximum Gasteiger partial charge on any atom is 0.271 e. The van der Waals surface area contributed by atoms with Crippen LogP contribution in [0.3, 0.4) is 0 Å². The molecule has 0 fully saturated rings. The van der Waals surface area contributed by atoms with Gasteiger partial charge in [0.2, 0.25) is 0 Å². The highest BCUT2D eigenvalue weighted by Gasteiger charge is 2.16. The summed E-state index contributed by atoms with van der Waals surface area (Å²) in [6, 6.07) is 3.82. The topological polar surface area (TPSA) is 73.9 Å². The Bertz CT molecular complexity index is 734. The van der Waals surface area contributed by atoms with E-state index in [1.807, 2.05) is 32.1 Å². The summed E-state index contributed by atoms with van der Waals surface area (Å²) >= 11 is 0. The molecule has 19 heavy (non-hydrogen) atoms. The largest absolute Gasteiger partial charge is 0.301 e. The number of hydrogen-bond acceptors (Lipinski definition) is 3. The molecule has 5 heteroatoms. The lowest BCUT2D eigenvalue weighted by molar-refractivity contribution is 0.808. The molecule has 0 radical (unpaired) electrons. The lowest BCUT2D eigenvalue weighted by Crippen LogP contribution is -2.03. The molecule has 0 aromatic carbocycles. The minimum atomic E-state index is -0.109. The molecule has 0 saturated heterocycles. The van der Waals surface area contributed by atoms with E-state index in [4.69, 9.17) is 0 Å². The van der Waals surface area contributed by atoms with Crippen LogP contribution >= 0.6 is 0 Å². The SMILES string of the molecule is CC(C)c1[nH][nH]c(=O)c1/C=C1/C=Nc2ncccc21. The zero-order chi connectivity index (χ0) is 13.4. The Labute approximate surface area is 110 Å². The fourth-order valence-corrected chi connectivity index (χ4v) is 2.18. The van der Waals surface area contributed by atoms with Gasteiger partial charge in [0.1, 0.15) is 0 Å². The first-order valence-electron chi connectivity index (χ1n) is 6.18. The molecule has 0 saturated carbocycles. The van der Waals surface area contributed by atoms with E-state index in [2.05, 4.69) is 20.2 Å². The van der Waals surface area contributed by atoms with Crippen LogP contribution in [-0.2, 0) is 0 Å². The number of aromatic nitrogens is 3. The molecule has 5 nitrogen and oxygen atoms in total. The maximum absolute atomic E-state index is 11.9. The fraction of sp³-hybridized carbons (Fsp3) is 0.214. The normalized spacial score (nSPS) is 15.4. The molecule has 3 heterocycles. The highest BCUT2D eigenvalue weighted by atomic mass is 16.1. The van der Waals surface area contributed by atoms with E-state index in [-0.39, 0.29) is 11.5 Å². The molecule has 1 aliphatic rings. The summed E-state index contributed by atoms with van der Waals surface area (Å²) in [7, 11) is 0. The van der Waals surface area contributed by atoms with Gasteiger partial charge in [-0.05, 0) is 24.1 Å². The van der Waals surface area contributed by atoms with Crippen LogP contribution in [0.5, 0.6) is 0 Å². The Morgan fingerprint density at radius 3 is 2.95 bits per heavy atom. The Kier molecular flexibility index (Phi) is 2.67. The average Bonchev–Trinajstić information content (AvgIpc) is 2.96. The van der Waals surface area contributed by atoms with Gasteiger partial charge in [-0.1, -0.05) is 13.8 Å². The first kappa shape index (κ1) is 11.6. The van der Waals surface area contributed by atoms with E-state index < -0.39 is 0 Å². The van der Waals surface area contributed by atoms with Crippen molar-refractivity contribution < 1.29 is 0 Å². The van der Waals surface area contributed by atoms with Crippen molar-refractivity contribution in [3.05, 3.63) is 45.5 Å². The standard InChI is InChI=1S/C14H14N4O/c1-8(2)12-11(14(19)18-17-12)6-9-7-16-13-10(9)4-3-5-15-13/h3-8H,1-2H3,(H2,17,18,19)/b9-6-. The maximum atomic E-state index is 11.9. The Hall–Kier alpha value is -2.43. The summed E-state index contributed by atoms with van der Waals surface area (Å²) in [5.41, 5.74) is 3.33. The van der Waals surface area contributed by atoms with Crippen LogP contribution in [0.1, 0.15) is 36.6 Å². The van der Waals surface area contributed by atoms with Gasteiger partial charge in [-0.3, -0.25) is 9.89 Å². The van der Waals surface area contributed by atoms with Crippen molar-refractivity contribution in [2.24, 2.45) is 4.99 Å². The number of nitrogens with zero attached hydrogens (tertiary/aromatic N) is 2. The third-order valence-electron chi connectivity index (χ3n) is 3.15. The van der Waals surface area contributed by atoms with Crippen molar-refractivity contribution in [2.75, 3.05) is 0 Å². The number of hydrogen-bond donors (Lipinski definition) is 2. The number of pyridine rings is 1. The van der Waals surface area contributed by atoms with Crippen LogP contribution < -0.4 is 5.56 Å². The second kappa shape index (κ2) is 4.35. The van der Waals surface area contributed by atoms with Gasteiger partial charge in [0, 0.05) is 29.2 Å². The molecule has 2 aromatic heterocycles. The zero-order valence-electron chi connectivity index (χ0n) is 10.8. The zero-order valence-corrected chi connectivity index (χ0v) is 10.8. The number of allylic oxidation sites excluding steroid dienone is 1. The number of nitrogens with one attached hydrogen (secondary N) is 2. The van der Waals surface area contributed by atoms with E-state index in [1.54, 1.807) is 12.4 Å². The van der Waals surface area contributed by atoms with Crippen LogP contribution in [0, 0.1) is 0 Å². The molecule has 2 N–H and O–H groups in total. The Morgan fingerprint density at radius 1 is 1.32 bits per heavy atom. The van der Waals surface area contributed by atoms with Crippen molar-refractivity contribution in [3.63, 3.8) is 0 Å². The van der Waals surface area contributed by atoms with Crippen LogP contribution in [0.25, 0.3) is 11.6 Å². The Balaban J connectivity index is 2.12. The van der Waals surface area contributed by atoms with Crippen LogP contribution in [0.4, 0.5) is 5.82 Å². The van der Waals surface area contributed by atoms with Gasteiger partial charge in [0.05, 0.1) is 5.56 Å². The minimum Gasteiger partial charge on any atom is -0.301 e. The summed E-state index contributed by atoms with van der Waals surface area (Å²) in [6.45, 7) is 4.08. The smallest absolute Gasteiger partial charge is 0.271 e. The molecule has 0 aliphatic carbocycles. The lowest BCUT2D eigenvalue weighted by atomic mass is 10.0. The third-order valence-corrected chi connectivity index (χ3v) is 3.15. The number of fused-ring (bicyclic) bond motifs is 1. The summed E-state index contributed by atoms with van der Waals surface area (Å²) in [4.78, 5) is 20.3. The van der Waals surface area contributed by atoms with Crippen molar-refractivity contribution in [1.82, 2.24) is 15.2 Å². The molecule has 0 atom stereocenters. The van der Waals surface area contributed by atoms with Gasteiger partial charge < -0.3 is 5.10 Å². The second-order valence-corrected chi connectivity index (χ2v) is 4.79. The molecule has 0 bridgehead atoms. The van der Waals surface area contributed by atoms with Gasteiger partial charge in [-0.25, -0.2) is 9.98 Å². The molecule has 3 rings (SSSR count). The second-order valence-electron chi connectivity index (χ2n) is 4.79. The predicted octanol–water partition coefficient (Wildman–Crippen LogP) is 2.48. The first-order chi connectivity index (χ1) is 9.16.